The minimum Gasteiger partial charge on any atom is -0.378 e. The Bertz CT molecular complexity index is 799. The molecule has 1 aliphatic rings. The SMILES string of the molecule is Cc1nn(-c2ccccc2)c(C)c1C1COCCN1S(C)(=O)=O. The fourth-order valence-electron chi connectivity index (χ4n) is 3.17. The third-order valence-corrected chi connectivity index (χ3v) is 5.48. The number of morpholine rings is 1. The third-order valence-electron chi connectivity index (χ3n) is 4.19. The lowest BCUT2D eigenvalue weighted by atomic mass is 10.0. The average Bonchev–Trinajstić information content (AvgIpc) is 2.82. The number of para-hydroxylation sites is 1. The number of sulfonamides is 1. The highest BCUT2D eigenvalue weighted by Crippen LogP contribution is 2.32. The molecule has 1 unspecified atom stereocenters. The van der Waals surface area contributed by atoms with Crippen molar-refractivity contribution >= 4 is 10.0 Å². The van der Waals surface area contributed by atoms with Gasteiger partial charge in [0, 0.05) is 17.8 Å². The van der Waals surface area contributed by atoms with E-state index in [1.54, 1.807) is 0 Å². The van der Waals surface area contributed by atoms with Gasteiger partial charge in [-0.15, -0.1) is 0 Å². The lowest BCUT2D eigenvalue weighted by molar-refractivity contribution is 0.0319. The Morgan fingerprint density at radius 3 is 2.57 bits per heavy atom. The standard InChI is InChI=1S/C16H21N3O3S/c1-12-16(15-11-22-10-9-18(15)23(3,20)21)13(2)19(17-12)14-7-5-4-6-8-14/h4-8,15H,9-11H2,1-3H3. The molecule has 0 radical (unpaired) electrons. The maximum absolute atomic E-state index is 12.1. The number of ether oxygens (including phenoxy) is 1. The quantitative estimate of drug-likeness (QED) is 0.858. The van der Waals surface area contributed by atoms with E-state index in [0.717, 1.165) is 22.6 Å². The summed E-state index contributed by atoms with van der Waals surface area (Å²) in [5.41, 5.74) is 3.66. The molecule has 1 aliphatic heterocycles. The van der Waals surface area contributed by atoms with Gasteiger partial charge in [-0.2, -0.15) is 9.40 Å². The molecule has 0 aliphatic carbocycles. The minimum absolute atomic E-state index is 0.323. The summed E-state index contributed by atoms with van der Waals surface area (Å²) in [5, 5.41) is 4.61. The van der Waals surface area contributed by atoms with Gasteiger partial charge in [-0.05, 0) is 26.0 Å². The molecule has 124 valence electrons. The normalized spacial score (nSPS) is 19.9. The largest absolute Gasteiger partial charge is 0.378 e. The van der Waals surface area contributed by atoms with Gasteiger partial charge in [0.25, 0.3) is 0 Å². The topological polar surface area (TPSA) is 64.4 Å². The Hall–Kier alpha value is -1.70. The van der Waals surface area contributed by atoms with Crippen LogP contribution in [0.3, 0.4) is 0 Å². The third kappa shape index (κ3) is 3.04. The average molecular weight is 335 g/mol. The summed E-state index contributed by atoms with van der Waals surface area (Å²) in [6.45, 7) is 5.04. The van der Waals surface area contributed by atoms with E-state index in [1.807, 2.05) is 48.9 Å². The van der Waals surface area contributed by atoms with Gasteiger partial charge < -0.3 is 4.74 Å². The van der Waals surface area contributed by atoms with Gasteiger partial charge in [0.1, 0.15) is 0 Å². The molecule has 1 aromatic heterocycles. The molecule has 0 spiro atoms. The predicted molar refractivity (Wildman–Crippen MR) is 88.1 cm³/mol. The van der Waals surface area contributed by atoms with Crippen molar-refractivity contribution in [3.05, 3.63) is 47.3 Å². The van der Waals surface area contributed by atoms with Crippen LogP contribution in [0.5, 0.6) is 0 Å². The van der Waals surface area contributed by atoms with Crippen molar-refractivity contribution in [3.63, 3.8) is 0 Å². The molecule has 1 saturated heterocycles. The summed E-state index contributed by atoms with van der Waals surface area (Å²) >= 11 is 0. The molecular weight excluding hydrogens is 314 g/mol. The van der Waals surface area contributed by atoms with Crippen molar-refractivity contribution < 1.29 is 13.2 Å². The molecule has 7 heteroatoms. The Morgan fingerprint density at radius 1 is 1.22 bits per heavy atom. The van der Waals surface area contributed by atoms with Crippen molar-refractivity contribution in [2.45, 2.75) is 19.9 Å². The first-order valence-electron chi connectivity index (χ1n) is 7.55. The highest BCUT2D eigenvalue weighted by molar-refractivity contribution is 7.88. The van der Waals surface area contributed by atoms with Gasteiger partial charge in [0.05, 0.1) is 36.9 Å². The number of hydrogen-bond acceptors (Lipinski definition) is 4. The number of benzene rings is 1. The van der Waals surface area contributed by atoms with Crippen molar-refractivity contribution in [2.75, 3.05) is 26.0 Å². The second kappa shape index (κ2) is 6.07. The Kier molecular flexibility index (Phi) is 4.27. The zero-order chi connectivity index (χ0) is 16.6. The van der Waals surface area contributed by atoms with Crippen LogP contribution in [0, 0.1) is 13.8 Å². The van der Waals surface area contributed by atoms with Crippen LogP contribution in [-0.2, 0) is 14.8 Å². The molecule has 0 bridgehead atoms. The fraction of sp³-hybridized carbons (Fsp3) is 0.438. The van der Waals surface area contributed by atoms with Crippen LogP contribution in [0.1, 0.15) is 23.0 Å². The Morgan fingerprint density at radius 2 is 1.91 bits per heavy atom. The first-order chi connectivity index (χ1) is 10.9. The van der Waals surface area contributed by atoms with Crippen molar-refractivity contribution in [1.82, 2.24) is 14.1 Å². The molecule has 0 N–H and O–H groups in total. The monoisotopic (exact) mass is 335 g/mol. The summed E-state index contributed by atoms with van der Waals surface area (Å²) in [6, 6.07) is 9.51. The lowest BCUT2D eigenvalue weighted by Gasteiger charge is -2.34. The Labute approximate surface area is 136 Å². The smallest absolute Gasteiger partial charge is 0.211 e. The van der Waals surface area contributed by atoms with Crippen molar-refractivity contribution in [1.29, 1.82) is 0 Å². The van der Waals surface area contributed by atoms with Crippen molar-refractivity contribution in [2.24, 2.45) is 0 Å². The zero-order valence-corrected chi connectivity index (χ0v) is 14.4. The number of rotatable bonds is 3. The van der Waals surface area contributed by atoms with E-state index in [9.17, 15) is 8.42 Å². The van der Waals surface area contributed by atoms with E-state index >= 15 is 0 Å². The molecule has 3 rings (SSSR count). The van der Waals surface area contributed by atoms with Crippen LogP contribution in [0.15, 0.2) is 30.3 Å². The molecule has 2 heterocycles. The van der Waals surface area contributed by atoms with Gasteiger partial charge in [-0.1, -0.05) is 18.2 Å². The fourth-order valence-corrected chi connectivity index (χ4v) is 4.21. The van der Waals surface area contributed by atoms with E-state index in [-0.39, 0.29) is 6.04 Å². The first kappa shape index (κ1) is 16.2. The molecule has 0 amide bonds. The van der Waals surface area contributed by atoms with Gasteiger partial charge in [0.15, 0.2) is 0 Å². The summed E-state index contributed by atoms with van der Waals surface area (Å²) < 4.78 is 33.1. The maximum atomic E-state index is 12.1. The maximum Gasteiger partial charge on any atom is 0.211 e. The van der Waals surface area contributed by atoms with E-state index in [4.69, 9.17) is 4.74 Å². The molecule has 6 nitrogen and oxygen atoms in total. The van der Waals surface area contributed by atoms with E-state index in [2.05, 4.69) is 5.10 Å². The molecule has 1 atom stereocenters. The van der Waals surface area contributed by atoms with Gasteiger partial charge >= 0.3 is 0 Å². The minimum atomic E-state index is -3.30. The zero-order valence-electron chi connectivity index (χ0n) is 13.6. The second-order valence-corrected chi connectivity index (χ2v) is 7.73. The molecule has 1 fully saturated rings. The van der Waals surface area contributed by atoms with E-state index in [1.165, 1.54) is 10.6 Å². The molecular formula is C16H21N3O3S. The Balaban J connectivity index is 2.08. The van der Waals surface area contributed by atoms with Crippen LogP contribution < -0.4 is 0 Å². The molecule has 1 aromatic carbocycles. The number of nitrogens with zero attached hydrogens (tertiary/aromatic N) is 3. The van der Waals surface area contributed by atoms with Crippen LogP contribution in [0.4, 0.5) is 0 Å². The van der Waals surface area contributed by atoms with Crippen LogP contribution >= 0.6 is 0 Å². The number of hydrogen-bond donors (Lipinski definition) is 0. The lowest BCUT2D eigenvalue weighted by Crippen LogP contribution is -2.43. The first-order valence-corrected chi connectivity index (χ1v) is 9.40. The van der Waals surface area contributed by atoms with Gasteiger partial charge in [-0.25, -0.2) is 13.1 Å². The molecule has 2 aromatic rings. The highest BCUT2D eigenvalue weighted by atomic mass is 32.2. The molecule has 0 saturated carbocycles. The van der Waals surface area contributed by atoms with Crippen molar-refractivity contribution in [3.8, 4) is 5.69 Å². The van der Waals surface area contributed by atoms with Crippen LogP contribution in [0.2, 0.25) is 0 Å². The second-order valence-electron chi connectivity index (χ2n) is 5.80. The summed E-state index contributed by atoms with van der Waals surface area (Å²) in [4.78, 5) is 0. The predicted octanol–water partition coefficient (Wildman–Crippen LogP) is 1.82. The van der Waals surface area contributed by atoms with Crippen LogP contribution in [0.25, 0.3) is 5.69 Å². The number of aromatic nitrogens is 2. The summed E-state index contributed by atoms with van der Waals surface area (Å²) in [6.07, 6.45) is 1.25. The number of aryl methyl sites for hydroxylation is 1. The molecule has 23 heavy (non-hydrogen) atoms. The summed E-state index contributed by atoms with van der Waals surface area (Å²) in [7, 11) is -3.30. The van der Waals surface area contributed by atoms with E-state index < -0.39 is 10.0 Å². The van der Waals surface area contributed by atoms with Crippen LogP contribution in [-0.4, -0.2) is 48.5 Å². The van der Waals surface area contributed by atoms with E-state index in [0.29, 0.717) is 19.8 Å². The van der Waals surface area contributed by atoms with Gasteiger partial charge in [-0.3, -0.25) is 0 Å². The summed E-state index contributed by atoms with van der Waals surface area (Å²) in [5.74, 6) is 0. The van der Waals surface area contributed by atoms with Gasteiger partial charge in [0.2, 0.25) is 10.0 Å². The highest BCUT2D eigenvalue weighted by Gasteiger charge is 2.34.